The predicted molar refractivity (Wildman–Crippen MR) is 124 cm³/mol. The Morgan fingerprint density at radius 1 is 1.06 bits per heavy atom. The number of benzene rings is 2. The van der Waals surface area contributed by atoms with E-state index in [1.807, 2.05) is 61.5 Å². The highest BCUT2D eigenvalue weighted by Gasteiger charge is 2.21. The van der Waals surface area contributed by atoms with E-state index in [4.69, 9.17) is 5.73 Å². The molecule has 3 N–H and O–H groups in total. The molecule has 4 aromatic rings. The van der Waals surface area contributed by atoms with Crippen molar-refractivity contribution in [3.05, 3.63) is 78.2 Å². The van der Waals surface area contributed by atoms with Gasteiger partial charge in [0.25, 0.3) is 0 Å². The molecule has 2 aromatic heterocycles. The van der Waals surface area contributed by atoms with Gasteiger partial charge in [-0.2, -0.15) is 5.10 Å². The van der Waals surface area contributed by atoms with E-state index in [0.29, 0.717) is 12.1 Å². The van der Waals surface area contributed by atoms with Gasteiger partial charge in [0, 0.05) is 35.4 Å². The van der Waals surface area contributed by atoms with E-state index in [2.05, 4.69) is 15.2 Å². The van der Waals surface area contributed by atoms with Crippen molar-refractivity contribution in [2.75, 3.05) is 17.1 Å². The third-order valence-corrected chi connectivity index (χ3v) is 6.39. The Morgan fingerprint density at radius 3 is 2.58 bits per heavy atom. The number of nitrogens with one attached hydrogen (secondary N) is 1. The molecule has 31 heavy (non-hydrogen) atoms. The Labute approximate surface area is 182 Å². The molecular formula is C23H25N5O2S. The molecule has 0 aliphatic carbocycles. The van der Waals surface area contributed by atoms with E-state index in [0.717, 1.165) is 33.3 Å². The summed E-state index contributed by atoms with van der Waals surface area (Å²) >= 11 is 0. The topological polar surface area (TPSA) is 105 Å². The van der Waals surface area contributed by atoms with Crippen LogP contribution in [0.25, 0.3) is 22.0 Å². The summed E-state index contributed by atoms with van der Waals surface area (Å²) in [4.78, 5) is 4.31. The van der Waals surface area contributed by atoms with Crippen molar-refractivity contribution in [3.63, 3.8) is 0 Å². The molecule has 0 saturated carbocycles. The van der Waals surface area contributed by atoms with Crippen molar-refractivity contribution < 1.29 is 8.42 Å². The lowest BCUT2D eigenvalue weighted by Gasteiger charge is -2.26. The fourth-order valence-electron chi connectivity index (χ4n) is 3.67. The van der Waals surface area contributed by atoms with E-state index in [-0.39, 0.29) is 12.6 Å². The van der Waals surface area contributed by atoms with Crippen molar-refractivity contribution in [1.29, 1.82) is 0 Å². The predicted octanol–water partition coefficient (Wildman–Crippen LogP) is 3.27. The minimum atomic E-state index is -3.54. The van der Waals surface area contributed by atoms with Crippen LogP contribution in [0.4, 0.5) is 5.69 Å². The number of hydrogen-bond donors (Lipinski definition) is 2. The molecule has 2 aromatic carbocycles. The normalized spacial score (nSPS) is 12.7. The smallest absolute Gasteiger partial charge is 0.232 e. The van der Waals surface area contributed by atoms with Crippen LogP contribution < -0.4 is 10.0 Å². The average molecular weight is 436 g/mol. The number of anilines is 1. The van der Waals surface area contributed by atoms with Crippen molar-refractivity contribution in [1.82, 2.24) is 15.2 Å². The fourth-order valence-corrected chi connectivity index (χ4v) is 4.61. The maximum Gasteiger partial charge on any atom is 0.232 e. The summed E-state index contributed by atoms with van der Waals surface area (Å²) in [6.07, 6.45) is 5.05. The summed E-state index contributed by atoms with van der Waals surface area (Å²) in [6.45, 7) is 2.13. The first-order valence-corrected chi connectivity index (χ1v) is 11.8. The average Bonchev–Trinajstić information content (AvgIpc) is 3.12. The Kier molecular flexibility index (Phi) is 5.75. The molecular weight excluding hydrogens is 410 g/mol. The number of hydrogen-bond acceptors (Lipinski definition) is 5. The van der Waals surface area contributed by atoms with E-state index in [1.54, 1.807) is 12.4 Å². The van der Waals surface area contributed by atoms with Gasteiger partial charge in [0.2, 0.25) is 10.0 Å². The molecule has 0 aliphatic rings. The Balaban J connectivity index is 1.64. The second-order valence-electron chi connectivity index (χ2n) is 7.76. The summed E-state index contributed by atoms with van der Waals surface area (Å²) in [5.74, 6) is 0. The van der Waals surface area contributed by atoms with Crippen molar-refractivity contribution in [3.8, 4) is 11.1 Å². The van der Waals surface area contributed by atoms with Crippen LogP contribution in [-0.2, 0) is 16.4 Å². The largest absolute Gasteiger partial charge is 0.326 e. The number of pyridine rings is 1. The second-order valence-corrected chi connectivity index (χ2v) is 9.66. The quantitative estimate of drug-likeness (QED) is 0.464. The lowest BCUT2D eigenvalue weighted by Crippen LogP contribution is -2.42. The summed E-state index contributed by atoms with van der Waals surface area (Å²) in [5, 5.41) is 8.26. The number of rotatable bonds is 7. The highest BCUT2D eigenvalue weighted by atomic mass is 32.2. The Bertz CT molecular complexity index is 1300. The van der Waals surface area contributed by atoms with Crippen LogP contribution in [0.3, 0.4) is 0 Å². The van der Waals surface area contributed by atoms with Crippen molar-refractivity contribution in [2.45, 2.75) is 19.4 Å². The van der Waals surface area contributed by atoms with Crippen LogP contribution in [0.15, 0.2) is 67.0 Å². The summed E-state index contributed by atoms with van der Waals surface area (Å²) < 4.78 is 26.5. The van der Waals surface area contributed by atoms with E-state index in [9.17, 15) is 8.42 Å². The first-order valence-electron chi connectivity index (χ1n) is 9.98. The molecule has 0 aliphatic heterocycles. The molecule has 4 rings (SSSR count). The number of aryl methyl sites for hydroxylation is 1. The van der Waals surface area contributed by atoms with Gasteiger partial charge < -0.3 is 5.73 Å². The SMILES string of the molecule is Cc1[nH]nc2ccc(-c3cncc(N(CC(N)Cc4ccccc4)S(C)(=O)=O)c3)cc12. The first kappa shape index (κ1) is 21.0. The molecule has 0 amide bonds. The first-order chi connectivity index (χ1) is 14.8. The fraction of sp³-hybridized carbons (Fsp3) is 0.217. The van der Waals surface area contributed by atoms with E-state index < -0.39 is 10.0 Å². The molecule has 8 heteroatoms. The van der Waals surface area contributed by atoms with Crippen LogP contribution in [0.2, 0.25) is 0 Å². The zero-order valence-corrected chi connectivity index (χ0v) is 18.3. The number of nitrogens with zero attached hydrogens (tertiary/aromatic N) is 3. The number of aromatic amines is 1. The Hall–Kier alpha value is -3.23. The van der Waals surface area contributed by atoms with E-state index >= 15 is 0 Å². The van der Waals surface area contributed by atoms with Crippen LogP contribution >= 0.6 is 0 Å². The molecule has 0 bridgehead atoms. The van der Waals surface area contributed by atoms with Crippen LogP contribution in [0.1, 0.15) is 11.3 Å². The molecule has 7 nitrogen and oxygen atoms in total. The van der Waals surface area contributed by atoms with E-state index in [1.165, 1.54) is 10.6 Å². The highest BCUT2D eigenvalue weighted by Crippen LogP contribution is 2.28. The van der Waals surface area contributed by atoms with Gasteiger partial charge in [-0.3, -0.25) is 14.4 Å². The van der Waals surface area contributed by atoms with Crippen LogP contribution in [0.5, 0.6) is 0 Å². The molecule has 160 valence electrons. The van der Waals surface area contributed by atoms with Crippen LogP contribution in [-0.4, -0.2) is 42.4 Å². The lowest BCUT2D eigenvalue weighted by atomic mass is 10.0. The number of sulfonamides is 1. The van der Waals surface area contributed by atoms with Gasteiger partial charge in [-0.05, 0) is 42.7 Å². The lowest BCUT2D eigenvalue weighted by molar-refractivity contribution is 0.587. The maximum absolute atomic E-state index is 12.6. The third kappa shape index (κ3) is 4.76. The van der Waals surface area contributed by atoms with Gasteiger partial charge in [0.1, 0.15) is 0 Å². The van der Waals surface area contributed by atoms with Gasteiger partial charge >= 0.3 is 0 Å². The zero-order valence-electron chi connectivity index (χ0n) is 17.5. The molecule has 1 unspecified atom stereocenters. The number of aromatic nitrogens is 3. The Morgan fingerprint density at radius 2 is 1.84 bits per heavy atom. The molecule has 0 saturated heterocycles. The maximum atomic E-state index is 12.6. The number of nitrogens with two attached hydrogens (primary N) is 1. The molecule has 0 radical (unpaired) electrons. The highest BCUT2D eigenvalue weighted by molar-refractivity contribution is 7.92. The standard InChI is InChI=1S/C23H25N5O2S/c1-16-22-12-18(8-9-23(22)27-26-16)19-11-21(14-25-13-19)28(31(2,29)30)15-20(24)10-17-6-4-3-5-7-17/h3-9,11-14,20H,10,15,24H2,1-2H3,(H,26,27). The summed E-state index contributed by atoms with van der Waals surface area (Å²) in [5.41, 5.74) is 11.5. The van der Waals surface area contributed by atoms with Gasteiger partial charge in [-0.25, -0.2) is 8.42 Å². The van der Waals surface area contributed by atoms with Crippen molar-refractivity contribution in [2.24, 2.45) is 5.73 Å². The van der Waals surface area contributed by atoms with Crippen molar-refractivity contribution >= 4 is 26.6 Å². The summed E-state index contributed by atoms with van der Waals surface area (Å²) in [6, 6.07) is 17.2. The van der Waals surface area contributed by atoms with Gasteiger partial charge in [0.05, 0.1) is 23.7 Å². The molecule has 2 heterocycles. The minimum absolute atomic E-state index is 0.165. The molecule has 0 spiro atoms. The zero-order chi connectivity index (χ0) is 22.0. The molecule has 0 fully saturated rings. The second kappa shape index (κ2) is 8.49. The minimum Gasteiger partial charge on any atom is -0.326 e. The van der Waals surface area contributed by atoms with Gasteiger partial charge in [-0.1, -0.05) is 36.4 Å². The molecule has 1 atom stereocenters. The van der Waals surface area contributed by atoms with Crippen LogP contribution in [0, 0.1) is 6.92 Å². The van der Waals surface area contributed by atoms with Gasteiger partial charge in [0.15, 0.2) is 0 Å². The monoisotopic (exact) mass is 435 g/mol. The van der Waals surface area contributed by atoms with Gasteiger partial charge in [-0.15, -0.1) is 0 Å². The summed E-state index contributed by atoms with van der Waals surface area (Å²) in [7, 11) is -3.54. The number of H-pyrrole nitrogens is 1. The number of fused-ring (bicyclic) bond motifs is 1. The third-order valence-electron chi connectivity index (χ3n) is 5.23.